The maximum atomic E-state index is 12.7. The van der Waals surface area contributed by atoms with Crippen LogP contribution in [0.2, 0.25) is 0 Å². The van der Waals surface area contributed by atoms with Gasteiger partial charge >= 0.3 is 6.03 Å². The lowest BCUT2D eigenvalue weighted by Crippen LogP contribution is -2.45. The number of hydrogen-bond acceptors (Lipinski definition) is 6. The van der Waals surface area contributed by atoms with Crippen LogP contribution in [0.25, 0.3) is 10.4 Å². The van der Waals surface area contributed by atoms with Crippen LogP contribution < -0.4 is 16.5 Å². The first kappa shape index (κ1) is 18.8. The van der Waals surface area contributed by atoms with E-state index in [2.05, 4.69) is 10.7 Å². The SMILES string of the molecule is NC(=O)Nc1sc(-c2cccc([N+](=O)[O-])c2)cc1C(=O)NN1CCCCC1. The lowest BCUT2D eigenvalue weighted by Gasteiger charge is -2.26. The molecule has 27 heavy (non-hydrogen) atoms. The Hall–Kier alpha value is -2.98. The first-order valence-corrected chi connectivity index (χ1v) is 9.27. The third-order valence-electron chi connectivity index (χ3n) is 4.17. The average molecular weight is 389 g/mol. The van der Waals surface area contributed by atoms with Gasteiger partial charge in [-0.3, -0.25) is 25.7 Å². The molecule has 2 aromatic rings. The summed E-state index contributed by atoms with van der Waals surface area (Å²) in [5.41, 5.74) is 8.86. The van der Waals surface area contributed by atoms with Crippen LogP contribution in [0.15, 0.2) is 30.3 Å². The quantitative estimate of drug-likeness (QED) is 0.534. The number of urea groups is 1. The Morgan fingerprint density at radius 1 is 1.19 bits per heavy atom. The topological polar surface area (TPSA) is 131 Å². The maximum Gasteiger partial charge on any atom is 0.317 e. The summed E-state index contributed by atoms with van der Waals surface area (Å²) in [6.07, 6.45) is 3.15. The van der Waals surface area contributed by atoms with Crippen molar-refractivity contribution in [3.8, 4) is 10.4 Å². The number of carbonyl (C=O) groups excluding carboxylic acids is 2. The monoisotopic (exact) mass is 389 g/mol. The second-order valence-corrected chi connectivity index (χ2v) is 7.19. The molecule has 3 rings (SSSR count). The molecule has 4 N–H and O–H groups in total. The summed E-state index contributed by atoms with van der Waals surface area (Å²) in [6.45, 7) is 1.54. The normalized spacial score (nSPS) is 14.5. The Bertz CT molecular complexity index is 876. The highest BCUT2D eigenvalue weighted by atomic mass is 32.1. The number of nitrogens with one attached hydrogen (secondary N) is 2. The third kappa shape index (κ3) is 4.60. The zero-order chi connectivity index (χ0) is 19.4. The molecule has 0 unspecified atom stereocenters. The molecule has 2 heterocycles. The van der Waals surface area contributed by atoms with Gasteiger partial charge in [0.25, 0.3) is 11.6 Å². The van der Waals surface area contributed by atoms with Crippen LogP contribution in [0.3, 0.4) is 0 Å². The summed E-state index contributed by atoms with van der Waals surface area (Å²) in [5.74, 6) is -0.353. The minimum atomic E-state index is -0.783. The Kier molecular flexibility index (Phi) is 5.67. The van der Waals surface area contributed by atoms with Gasteiger partial charge in [0.2, 0.25) is 0 Å². The van der Waals surface area contributed by atoms with Crippen molar-refractivity contribution in [2.75, 3.05) is 18.4 Å². The van der Waals surface area contributed by atoms with Gasteiger partial charge in [-0.05, 0) is 24.5 Å². The number of rotatable bonds is 5. The second kappa shape index (κ2) is 8.14. The standard InChI is InChI=1S/C17H19N5O4S/c18-17(24)19-16-13(15(23)20-21-7-2-1-3-8-21)10-14(27-16)11-5-4-6-12(9-11)22(25)26/h4-6,9-10H,1-3,7-8H2,(H,20,23)(H3,18,19,24). The number of piperidine rings is 1. The predicted octanol–water partition coefficient (Wildman–Crippen LogP) is 2.94. The number of benzene rings is 1. The van der Waals surface area contributed by atoms with Gasteiger partial charge in [0.05, 0.1) is 10.5 Å². The molecule has 0 bridgehead atoms. The number of hydrogen-bond donors (Lipinski definition) is 3. The fourth-order valence-electron chi connectivity index (χ4n) is 2.89. The van der Waals surface area contributed by atoms with E-state index in [9.17, 15) is 19.7 Å². The number of nitro benzene ring substituents is 1. The number of thiophene rings is 1. The first-order chi connectivity index (χ1) is 12.9. The van der Waals surface area contributed by atoms with Crippen molar-refractivity contribution in [2.24, 2.45) is 5.73 Å². The lowest BCUT2D eigenvalue weighted by molar-refractivity contribution is -0.384. The first-order valence-electron chi connectivity index (χ1n) is 8.45. The molecular formula is C17H19N5O4S. The molecule has 0 aliphatic carbocycles. The predicted molar refractivity (Wildman–Crippen MR) is 103 cm³/mol. The Morgan fingerprint density at radius 2 is 1.93 bits per heavy atom. The van der Waals surface area contributed by atoms with Crippen molar-refractivity contribution in [3.05, 3.63) is 46.0 Å². The van der Waals surface area contributed by atoms with Crippen molar-refractivity contribution < 1.29 is 14.5 Å². The van der Waals surface area contributed by atoms with Gasteiger partial charge in [-0.15, -0.1) is 11.3 Å². The lowest BCUT2D eigenvalue weighted by atomic mass is 10.1. The van der Waals surface area contributed by atoms with E-state index in [1.165, 1.54) is 12.1 Å². The van der Waals surface area contributed by atoms with E-state index in [1.807, 2.05) is 5.01 Å². The fourth-order valence-corrected chi connectivity index (χ4v) is 3.94. The van der Waals surface area contributed by atoms with E-state index in [0.29, 0.717) is 15.4 Å². The van der Waals surface area contributed by atoms with E-state index in [-0.39, 0.29) is 17.2 Å². The third-order valence-corrected chi connectivity index (χ3v) is 5.27. The van der Waals surface area contributed by atoms with Gasteiger partial charge < -0.3 is 5.73 Å². The zero-order valence-electron chi connectivity index (χ0n) is 14.4. The van der Waals surface area contributed by atoms with Gasteiger partial charge in [-0.1, -0.05) is 18.6 Å². The van der Waals surface area contributed by atoms with E-state index in [4.69, 9.17) is 5.73 Å². The summed E-state index contributed by atoms with van der Waals surface area (Å²) in [5, 5.41) is 15.6. The number of nitrogens with zero attached hydrogens (tertiary/aromatic N) is 2. The number of nitrogens with two attached hydrogens (primary N) is 1. The molecule has 1 aliphatic rings. The van der Waals surface area contributed by atoms with Crippen LogP contribution in [-0.2, 0) is 0 Å². The minimum Gasteiger partial charge on any atom is -0.351 e. The van der Waals surface area contributed by atoms with Gasteiger partial charge in [-0.25, -0.2) is 9.80 Å². The molecule has 1 saturated heterocycles. The Labute approximate surface area is 159 Å². The van der Waals surface area contributed by atoms with E-state index >= 15 is 0 Å². The molecule has 3 amide bonds. The van der Waals surface area contributed by atoms with Crippen LogP contribution >= 0.6 is 11.3 Å². The summed E-state index contributed by atoms with van der Waals surface area (Å²) >= 11 is 1.14. The van der Waals surface area contributed by atoms with Gasteiger partial charge in [0.1, 0.15) is 5.00 Å². The number of carbonyl (C=O) groups is 2. The van der Waals surface area contributed by atoms with Crippen molar-refractivity contribution in [1.29, 1.82) is 0 Å². The van der Waals surface area contributed by atoms with Crippen LogP contribution in [0.4, 0.5) is 15.5 Å². The highest BCUT2D eigenvalue weighted by Crippen LogP contribution is 2.36. The molecule has 0 radical (unpaired) electrons. The molecule has 142 valence electrons. The summed E-state index contributed by atoms with van der Waals surface area (Å²) in [6, 6.07) is 6.92. The molecule has 1 aliphatic heterocycles. The number of hydrazine groups is 1. The van der Waals surface area contributed by atoms with Gasteiger partial charge in [0.15, 0.2) is 0 Å². The van der Waals surface area contributed by atoms with Crippen molar-refractivity contribution in [1.82, 2.24) is 10.4 Å². The molecule has 0 spiro atoms. The molecule has 1 aromatic carbocycles. The summed E-state index contributed by atoms with van der Waals surface area (Å²) < 4.78 is 0. The number of amides is 3. The van der Waals surface area contributed by atoms with Crippen LogP contribution in [0.1, 0.15) is 29.6 Å². The Morgan fingerprint density at radius 3 is 2.59 bits per heavy atom. The molecule has 9 nitrogen and oxygen atoms in total. The molecule has 1 fully saturated rings. The fraction of sp³-hybridized carbons (Fsp3) is 0.294. The smallest absolute Gasteiger partial charge is 0.317 e. The number of anilines is 1. The van der Waals surface area contributed by atoms with Gasteiger partial charge in [0, 0.05) is 30.1 Å². The van der Waals surface area contributed by atoms with Crippen molar-refractivity contribution in [2.45, 2.75) is 19.3 Å². The number of nitro groups is 1. The summed E-state index contributed by atoms with van der Waals surface area (Å²) in [7, 11) is 0. The van der Waals surface area contributed by atoms with Crippen LogP contribution in [0.5, 0.6) is 0 Å². The van der Waals surface area contributed by atoms with Crippen LogP contribution in [0, 0.1) is 10.1 Å². The Balaban J connectivity index is 1.90. The van der Waals surface area contributed by atoms with Crippen molar-refractivity contribution >= 4 is 34.0 Å². The molecule has 10 heteroatoms. The van der Waals surface area contributed by atoms with E-state index < -0.39 is 11.0 Å². The van der Waals surface area contributed by atoms with Crippen molar-refractivity contribution in [3.63, 3.8) is 0 Å². The molecular weight excluding hydrogens is 370 g/mol. The highest BCUT2D eigenvalue weighted by molar-refractivity contribution is 7.20. The van der Waals surface area contributed by atoms with E-state index in [1.54, 1.807) is 18.2 Å². The molecule has 1 aromatic heterocycles. The second-order valence-electron chi connectivity index (χ2n) is 6.14. The van der Waals surface area contributed by atoms with Crippen LogP contribution in [-0.4, -0.2) is 35.0 Å². The summed E-state index contributed by atoms with van der Waals surface area (Å²) in [4.78, 5) is 35.1. The highest BCUT2D eigenvalue weighted by Gasteiger charge is 2.21. The van der Waals surface area contributed by atoms with Gasteiger partial charge in [-0.2, -0.15) is 0 Å². The minimum absolute atomic E-state index is 0.0513. The molecule has 0 atom stereocenters. The zero-order valence-corrected chi connectivity index (χ0v) is 15.3. The number of non-ortho nitro benzene ring substituents is 1. The average Bonchev–Trinajstić information content (AvgIpc) is 3.06. The maximum absolute atomic E-state index is 12.7. The van der Waals surface area contributed by atoms with E-state index in [0.717, 1.165) is 43.7 Å². The number of primary amides is 1. The molecule has 0 saturated carbocycles. The largest absolute Gasteiger partial charge is 0.351 e.